The Labute approximate surface area is 213 Å². The molecule has 7 heteroatoms. The summed E-state index contributed by atoms with van der Waals surface area (Å²) in [6.07, 6.45) is 0. The van der Waals surface area contributed by atoms with Crippen LogP contribution in [-0.2, 0) is 9.59 Å². The van der Waals surface area contributed by atoms with E-state index in [0.29, 0.717) is 28.3 Å². The predicted molar refractivity (Wildman–Crippen MR) is 142 cm³/mol. The summed E-state index contributed by atoms with van der Waals surface area (Å²) in [7, 11) is 3.88. The number of ketones is 1. The second-order valence-electron chi connectivity index (χ2n) is 9.25. The Morgan fingerprint density at radius 2 is 1.59 bits per heavy atom. The number of anilines is 2. The average Bonchev–Trinajstić information content (AvgIpc) is 3.49. The first kappa shape index (κ1) is 22.7. The molecule has 6 rings (SSSR count). The van der Waals surface area contributed by atoms with Crippen molar-refractivity contribution in [2.75, 3.05) is 30.7 Å². The fourth-order valence-electron chi connectivity index (χ4n) is 4.90. The molecule has 1 N–H and O–H groups in total. The molecule has 2 aliphatic heterocycles. The Kier molecular flexibility index (Phi) is 5.34. The van der Waals surface area contributed by atoms with Crippen LogP contribution in [0.1, 0.15) is 17.2 Å². The monoisotopic (exact) mass is 492 g/mol. The lowest BCUT2D eigenvalue weighted by molar-refractivity contribution is -0.132. The zero-order valence-corrected chi connectivity index (χ0v) is 20.3. The third-order valence-corrected chi connectivity index (χ3v) is 6.83. The largest absolute Gasteiger partial charge is 0.507 e. The molecule has 1 saturated heterocycles. The van der Waals surface area contributed by atoms with Crippen LogP contribution >= 0.6 is 0 Å². The lowest BCUT2D eigenvalue weighted by Gasteiger charge is -2.26. The maximum atomic E-state index is 13.5. The van der Waals surface area contributed by atoms with Gasteiger partial charge in [0.05, 0.1) is 11.6 Å². The molecule has 1 unspecified atom stereocenters. The lowest BCUT2D eigenvalue weighted by Crippen LogP contribution is -2.29. The molecule has 0 radical (unpaired) electrons. The number of carbonyl (C=O) groups is 2. The SMILES string of the molecule is CN(C)c1ccc(C2/C(=C(/O)c3ccc4ccccc4c3)C(=O)C(=O)N2c2ccc3c(c2)OCO3)cc1. The number of Topliss-reactive ketones (excluding diaryl/α,β-unsaturated/α-hetero) is 1. The molecule has 4 aromatic rings. The van der Waals surface area contributed by atoms with Crippen LogP contribution in [0.5, 0.6) is 11.5 Å². The van der Waals surface area contributed by atoms with Crippen LogP contribution in [0.15, 0.2) is 90.5 Å². The van der Waals surface area contributed by atoms with Crippen molar-refractivity contribution in [3.8, 4) is 11.5 Å². The Hall–Kier alpha value is -4.78. The number of hydrogen-bond acceptors (Lipinski definition) is 6. The van der Waals surface area contributed by atoms with Gasteiger partial charge in [-0.15, -0.1) is 0 Å². The van der Waals surface area contributed by atoms with E-state index in [4.69, 9.17) is 9.47 Å². The first-order valence-electron chi connectivity index (χ1n) is 11.9. The van der Waals surface area contributed by atoms with E-state index in [2.05, 4.69) is 0 Å². The first-order chi connectivity index (χ1) is 17.9. The maximum absolute atomic E-state index is 13.5. The van der Waals surface area contributed by atoms with Gasteiger partial charge in [0.2, 0.25) is 6.79 Å². The molecule has 2 heterocycles. The minimum atomic E-state index is -0.831. The molecule has 4 aromatic carbocycles. The zero-order chi connectivity index (χ0) is 25.7. The second kappa shape index (κ2) is 8.71. The van der Waals surface area contributed by atoms with Crippen LogP contribution in [-0.4, -0.2) is 37.7 Å². The molecule has 0 bridgehead atoms. The highest BCUT2D eigenvalue weighted by molar-refractivity contribution is 6.51. The molecule has 0 aromatic heterocycles. The number of hydrogen-bond donors (Lipinski definition) is 1. The predicted octanol–water partition coefficient (Wildman–Crippen LogP) is 5.26. The summed E-state index contributed by atoms with van der Waals surface area (Å²) in [4.78, 5) is 30.3. The summed E-state index contributed by atoms with van der Waals surface area (Å²) in [6.45, 7) is 0.0923. The van der Waals surface area contributed by atoms with E-state index in [-0.39, 0.29) is 18.1 Å². The van der Waals surface area contributed by atoms with E-state index in [9.17, 15) is 14.7 Å². The van der Waals surface area contributed by atoms with Crippen LogP contribution < -0.4 is 19.3 Å². The molecule has 1 atom stereocenters. The van der Waals surface area contributed by atoms with Crippen molar-refractivity contribution in [2.24, 2.45) is 0 Å². The van der Waals surface area contributed by atoms with Crippen molar-refractivity contribution >= 4 is 39.6 Å². The van der Waals surface area contributed by atoms with Crippen molar-refractivity contribution in [3.63, 3.8) is 0 Å². The molecule has 0 spiro atoms. The Morgan fingerprint density at radius 1 is 0.865 bits per heavy atom. The third-order valence-electron chi connectivity index (χ3n) is 6.83. The van der Waals surface area contributed by atoms with Crippen LogP contribution in [0.2, 0.25) is 0 Å². The van der Waals surface area contributed by atoms with Gasteiger partial charge in [0.1, 0.15) is 5.76 Å². The van der Waals surface area contributed by atoms with Gasteiger partial charge in [0.25, 0.3) is 11.7 Å². The summed E-state index contributed by atoms with van der Waals surface area (Å²) in [6, 6.07) is 25.1. The van der Waals surface area contributed by atoms with Crippen molar-refractivity contribution in [3.05, 3.63) is 102 Å². The zero-order valence-electron chi connectivity index (χ0n) is 20.3. The molecule has 0 saturated carbocycles. The van der Waals surface area contributed by atoms with Crippen molar-refractivity contribution < 1.29 is 24.2 Å². The minimum absolute atomic E-state index is 0.0375. The van der Waals surface area contributed by atoms with Crippen LogP contribution in [0.4, 0.5) is 11.4 Å². The average molecular weight is 493 g/mol. The Morgan fingerprint density at radius 3 is 2.35 bits per heavy atom. The van der Waals surface area contributed by atoms with Gasteiger partial charge in [-0.1, -0.05) is 48.5 Å². The maximum Gasteiger partial charge on any atom is 0.300 e. The molecule has 7 nitrogen and oxygen atoms in total. The Balaban J connectivity index is 1.54. The van der Waals surface area contributed by atoms with E-state index in [1.807, 2.05) is 79.7 Å². The van der Waals surface area contributed by atoms with Gasteiger partial charge in [-0.05, 0) is 46.7 Å². The number of amides is 1. The number of ether oxygens (including phenoxy) is 2. The molecule has 0 aliphatic carbocycles. The number of aliphatic hydroxyl groups is 1. The number of benzene rings is 4. The van der Waals surface area contributed by atoms with Crippen molar-refractivity contribution in [1.82, 2.24) is 0 Å². The van der Waals surface area contributed by atoms with Crippen molar-refractivity contribution in [2.45, 2.75) is 6.04 Å². The fourth-order valence-corrected chi connectivity index (χ4v) is 4.90. The standard InChI is InChI=1S/C30H24N2O5/c1-31(2)22-11-9-19(10-12-22)27-26(28(33)21-8-7-18-5-3-4-6-20(18)15-21)29(34)30(35)32(27)23-13-14-24-25(16-23)37-17-36-24/h3-16,27,33H,17H2,1-2H3/b28-26-. The Bertz CT molecular complexity index is 1590. The van der Waals surface area contributed by atoms with E-state index < -0.39 is 17.7 Å². The molecule has 1 fully saturated rings. The topological polar surface area (TPSA) is 79.3 Å². The van der Waals surface area contributed by atoms with Gasteiger partial charge in [-0.25, -0.2) is 0 Å². The number of carbonyl (C=O) groups excluding carboxylic acids is 2. The summed E-state index contributed by atoms with van der Waals surface area (Å²) >= 11 is 0. The number of rotatable bonds is 4. The highest BCUT2D eigenvalue weighted by atomic mass is 16.7. The van der Waals surface area contributed by atoms with Gasteiger partial charge in [0, 0.05) is 37.1 Å². The van der Waals surface area contributed by atoms with Crippen LogP contribution in [0, 0.1) is 0 Å². The first-order valence-corrected chi connectivity index (χ1v) is 11.9. The molecule has 37 heavy (non-hydrogen) atoms. The van der Waals surface area contributed by atoms with Crippen LogP contribution in [0.3, 0.4) is 0 Å². The highest BCUT2D eigenvalue weighted by Gasteiger charge is 2.47. The third kappa shape index (κ3) is 3.76. The molecule has 2 aliphatic rings. The summed E-state index contributed by atoms with van der Waals surface area (Å²) < 4.78 is 10.9. The van der Waals surface area contributed by atoms with Gasteiger partial charge < -0.3 is 19.5 Å². The van der Waals surface area contributed by atoms with E-state index in [0.717, 1.165) is 16.5 Å². The molecule has 184 valence electrons. The molecular weight excluding hydrogens is 468 g/mol. The normalized spacial score (nSPS) is 18.0. The fraction of sp³-hybridized carbons (Fsp3) is 0.133. The number of aliphatic hydroxyl groups excluding tert-OH is 1. The number of nitrogens with zero attached hydrogens (tertiary/aromatic N) is 2. The van der Waals surface area contributed by atoms with Crippen LogP contribution in [0.25, 0.3) is 16.5 Å². The van der Waals surface area contributed by atoms with E-state index in [1.54, 1.807) is 24.3 Å². The van der Waals surface area contributed by atoms with E-state index in [1.165, 1.54) is 4.90 Å². The van der Waals surface area contributed by atoms with Gasteiger partial charge >= 0.3 is 0 Å². The van der Waals surface area contributed by atoms with Gasteiger partial charge in [-0.3, -0.25) is 14.5 Å². The molecular formula is C30H24N2O5. The smallest absolute Gasteiger partial charge is 0.300 e. The summed E-state index contributed by atoms with van der Waals surface area (Å²) in [5.41, 5.74) is 2.65. The minimum Gasteiger partial charge on any atom is -0.507 e. The number of fused-ring (bicyclic) bond motifs is 2. The van der Waals surface area contributed by atoms with Crippen molar-refractivity contribution in [1.29, 1.82) is 0 Å². The lowest BCUT2D eigenvalue weighted by atomic mass is 9.94. The summed E-state index contributed by atoms with van der Waals surface area (Å²) in [5, 5.41) is 13.4. The van der Waals surface area contributed by atoms with Gasteiger partial charge in [0.15, 0.2) is 11.5 Å². The highest BCUT2D eigenvalue weighted by Crippen LogP contribution is 2.45. The van der Waals surface area contributed by atoms with E-state index >= 15 is 0 Å². The second-order valence-corrected chi connectivity index (χ2v) is 9.25. The van der Waals surface area contributed by atoms with Gasteiger partial charge in [-0.2, -0.15) is 0 Å². The molecule has 1 amide bonds. The quantitative estimate of drug-likeness (QED) is 0.238. The summed E-state index contributed by atoms with van der Waals surface area (Å²) in [5.74, 6) is -0.610.